The summed E-state index contributed by atoms with van der Waals surface area (Å²) in [7, 11) is 0. The summed E-state index contributed by atoms with van der Waals surface area (Å²) in [5, 5.41) is 26.4. The Morgan fingerprint density at radius 2 is 1.83 bits per heavy atom. The Bertz CT molecular complexity index is 140. The van der Waals surface area contributed by atoms with Crippen molar-refractivity contribution in [1.82, 2.24) is 0 Å². The van der Waals surface area contributed by atoms with Crippen molar-refractivity contribution in [3.63, 3.8) is 0 Å². The first-order chi connectivity index (χ1) is 5.63. The minimum absolute atomic E-state index is 0.325. The monoisotopic (exact) mass is 176 g/mol. The van der Waals surface area contributed by atoms with E-state index in [4.69, 9.17) is 15.3 Å². The number of carbonyl (C=O) groups is 1. The van der Waals surface area contributed by atoms with Gasteiger partial charge in [-0.3, -0.25) is 4.79 Å². The van der Waals surface area contributed by atoms with Gasteiger partial charge in [-0.25, -0.2) is 0 Å². The molecule has 0 aromatic rings. The van der Waals surface area contributed by atoms with Crippen LogP contribution in [0, 0.1) is 5.41 Å². The molecule has 0 aromatic carbocycles. The van der Waals surface area contributed by atoms with Gasteiger partial charge in [-0.05, 0) is 6.42 Å². The molecule has 0 saturated heterocycles. The molecule has 0 unspecified atom stereocenters. The number of aliphatic hydroxyl groups excluding tert-OH is 2. The van der Waals surface area contributed by atoms with E-state index in [1.54, 1.807) is 0 Å². The number of carboxylic acids is 1. The van der Waals surface area contributed by atoms with Crippen LogP contribution in [-0.2, 0) is 4.79 Å². The fourth-order valence-corrected chi connectivity index (χ4v) is 0.965. The standard InChI is InChI=1S/C8H16O4/c1-2-3-4-8(5-9,6-10)7(11)12/h9-10H,2-6H2,1H3,(H,11,12). The highest BCUT2D eigenvalue weighted by molar-refractivity contribution is 5.74. The summed E-state index contributed by atoms with van der Waals surface area (Å²) in [5.74, 6) is -1.12. The summed E-state index contributed by atoms with van der Waals surface area (Å²) in [6.45, 7) is 0.930. The van der Waals surface area contributed by atoms with Gasteiger partial charge in [-0.15, -0.1) is 0 Å². The summed E-state index contributed by atoms with van der Waals surface area (Å²) < 4.78 is 0. The summed E-state index contributed by atoms with van der Waals surface area (Å²) in [6.07, 6.45) is 1.88. The first-order valence-corrected chi connectivity index (χ1v) is 4.08. The van der Waals surface area contributed by atoms with Gasteiger partial charge in [0.15, 0.2) is 0 Å². The number of unbranched alkanes of at least 4 members (excludes halogenated alkanes) is 1. The van der Waals surface area contributed by atoms with Crippen LogP contribution in [0.2, 0.25) is 0 Å². The van der Waals surface area contributed by atoms with Crippen molar-refractivity contribution in [2.24, 2.45) is 5.41 Å². The Labute approximate surface area is 71.8 Å². The van der Waals surface area contributed by atoms with Crippen molar-refractivity contribution < 1.29 is 20.1 Å². The molecule has 0 heterocycles. The lowest BCUT2D eigenvalue weighted by Crippen LogP contribution is -2.38. The Hall–Kier alpha value is -0.610. The van der Waals surface area contributed by atoms with Gasteiger partial charge < -0.3 is 15.3 Å². The van der Waals surface area contributed by atoms with E-state index in [2.05, 4.69) is 0 Å². The molecule has 4 nitrogen and oxygen atoms in total. The number of aliphatic carboxylic acids is 1. The summed E-state index contributed by atoms with van der Waals surface area (Å²) in [4.78, 5) is 10.7. The Morgan fingerprint density at radius 1 is 1.33 bits per heavy atom. The Morgan fingerprint density at radius 3 is 2.08 bits per heavy atom. The maximum atomic E-state index is 10.7. The van der Waals surface area contributed by atoms with Gasteiger partial charge in [-0.1, -0.05) is 19.8 Å². The highest BCUT2D eigenvalue weighted by Gasteiger charge is 2.36. The zero-order valence-corrected chi connectivity index (χ0v) is 7.29. The zero-order valence-electron chi connectivity index (χ0n) is 7.29. The van der Waals surface area contributed by atoms with Gasteiger partial charge in [0.1, 0.15) is 5.41 Å². The van der Waals surface area contributed by atoms with Crippen LogP contribution >= 0.6 is 0 Å². The SMILES string of the molecule is CCCCC(CO)(CO)C(=O)O. The molecule has 0 fully saturated rings. The van der Waals surface area contributed by atoms with Crippen molar-refractivity contribution in [2.75, 3.05) is 13.2 Å². The molecule has 72 valence electrons. The minimum Gasteiger partial charge on any atom is -0.481 e. The van der Waals surface area contributed by atoms with Gasteiger partial charge in [-0.2, -0.15) is 0 Å². The van der Waals surface area contributed by atoms with E-state index in [0.717, 1.165) is 6.42 Å². The highest BCUT2D eigenvalue weighted by atomic mass is 16.4. The van der Waals surface area contributed by atoms with E-state index in [-0.39, 0.29) is 0 Å². The molecule has 0 atom stereocenters. The predicted octanol–water partition coefficient (Wildman–Crippen LogP) is 0.232. The van der Waals surface area contributed by atoms with Crippen LogP contribution in [0.5, 0.6) is 0 Å². The number of hydrogen-bond acceptors (Lipinski definition) is 3. The van der Waals surface area contributed by atoms with E-state index < -0.39 is 24.6 Å². The topological polar surface area (TPSA) is 77.8 Å². The average molecular weight is 176 g/mol. The molecule has 12 heavy (non-hydrogen) atoms. The molecule has 0 aliphatic heterocycles. The van der Waals surface area contributed by atoms with Gasteiger partial charge in [0, 0.05) is 0 Å². The summed E-state index contributed by atoms with van der Waals surface area (Å²) in [5.41, 5.74) is -1.34. The van der Waals surface area contributed by atoms with Crippen molar-refractivity contribution in [3.8, 4) is 0 Å². The molecule has 0 aliphatic carbocycles. The van der Waals surface area contributed by atoms with Crippen LogP contribution in [0.25, 0.3) is 0 Å². The second-order valence-electron chi connectivity index (χ2n) is 3.01. The molecule has 0 amide bonds. The van der Waals surface area contributed by atoms with Crippen LogP contribution in [0.3, 0.4) is 0 Å². The van der Waals surface area contributed by atoms with Crippen LogP contribution in [-0.4, -0.2) is 34.5 Å². The number of hydrogen-bond donors (Lipinski definition) is 3. The molecular formula is C8H16O4. The average Bonchev–Trinajstić information content (AvgIpc) is 2.07. The Balaban J connectivity index is 4.25. The van der Waals surface area contributed by atoms with E-state index in [0.29, 0.717) is 12.8 Å². The molecule has 0 bridgehead atoms. The number of rotatable bonds is 6. The third kappa shape index (κ3) is 2.46. The summed E-state index contributed by atoms with van der Waals surface area (Å²) in [6, 6.07) is 0. The van der Waals surface area contributed by atoms with Gasteiger partial charge in [0.2, 0.25) is 0 Å². The maximum Gasteiger partial charge on any atom is 0.314 e. The van der Waals surface area contributed by atoms with Crippen molar-refractivity contribution >= 4 is 5.97 Å². The van der Waals surface area contributed by atoms with E-state index >= 15 is 0 Å². The van der Waals surface area contributed by atoms with E-state index in [1.165, 1.54) is 0 Å². The molecule has 0 aromatic heterocycles. The molecule has 3 N–H and O–H groups in total. The smallest absolute Gasteiger partial charge is 0.314 e. The number of carboxylic acid groups (broad SMARTS) is 1. The van der Waals surface area contributed by atoms with Gasteiger partial charge in [0.05, 0.1) is 13.2 Å². The van der Waals surface area contributed by atoms with Gasteiger partial charge >= 0.3 is 5.97 Å². The van der Waals surface area contributed by atoms with Crippen LogP contribution in [0.4, 0.5) is 0 Å². The lowest BCUT2D eigenvalue weighted by atomic mass is 9.84. The predicted molar refractivity (Wildman–Crippen MR) is 43.8 cm³/mol. The second-order valence-corrected chi connectivity index (χ2v) is 3.01. The largest absolute Gasteiger partial charge is 0.481 e. The van der Waals surface area contributed by atoms with Crippen molar-refractivity contribution in [1.29, 1.82) is 0 Å². The third-order valence-electron chi connectivity index (χ3n) is 2.07. The maximum absolute atomic E-state index is 10.7. The minimum atomic E-state index is -1.34. The fourth-order valence-electron chi connectivity index (χ4n) is 0.965. The second kappa shape index (κ2) is 5.11. The van der Waals surface area contributed by atoms with Crippen molar-refractivity contribution in [2.45, 2.75) is 26.2 Å². The highest BCUT2D eigenvalue weighted by Crippen LogP contribution is 2.23. The Kier molecular flexibility index (Phi) is 4.85. The van der Waals surface area contributed by atoms with Crippen LogP contribution < -0.4 is 0 Å². The van der Waals surface area contributed by atoms with Crippen LogP contribution in [0.15, 0.2) is 0 Å². The molecular weight excluding hydrogens is 160 g/mol. The molecule has 0 spiro atoms. The van der Waals surface area contributed by atoms with Crippen LogP contribution in [0.1, 0.15) is 26.2 Å². The van der Waals surface area contributed by atoms with E-state index in [9.17, 15) is 4.79 Å². The molecule has 0 aliphatic rings. The molecule has 0 radical (unpaired) electrons. The lowest BCUT2D eigenvalue weighted by molar-refractivity contribution is -0.155. The van der Waals surface area contributed by atoms with Crippen molar-refractivity contribution in [3.05, 3.63) is 0 Å². The third-order valence-corrected chi connectivity index (χ3v) is 2.07. The molecule has 0 rings (SSSR count). The quantitative estimate of drug-likeness (QED) is 0.541. The van der Waals surface area contributed by atoms with E-state index in [1.807, 2.05) is 6.92 Å². The fraction of sp³-hybridized carbons (Fsp3) is 0.875. The first-order valence-electron chi connectivity index (χ1n) is 4.08. The normalized spacial score (nSPS) is 11.6. The van der Waals surface area contributed by atoms with Gasteiger partial charge in [0.25, 0.3) is 0 Å². The summed E-state index contributed by atoms with van der Waals surface area (Å²) >= 11 is 0. The molecule has 0 saturated carbocycles. The molecule has 4 heteroatoms. The zero-order chi connectivity index (χ0) is 9.61. The first kappa shape index (κ1) is 11.4. The number of aliphatic hydroxyl groups is 2. The lowest BCUT2D eigenvalue weighted by Gasteiger charge is -2.24.